The number of imide groups is 1. The lowest BCUT2D eigenvalue weighted by Crippen LogP contribution is -2.36. The van der Waals surface area contributed by atoms with E-state index >= 15 is 0 Å². The Morgan fingerprint density at radius 1 is 0.895 bits per heavy atom. The van der Waals surface area contributed by atoms with Crippen LogP contribution < -0.4 is 0 Å². The minimum Gasteiger partial charge on any atom is -0.299 e. The van der Waals surface area contributed by atoms with Gasteiger partial charge in [-0.1, -0.05) is 34.1 Å². The minimum atomic E-state index is -0.106. The van der Waals surface area contributed by atoms with Gasteiger partial charge in [0, 0.05) is 31.7 Å². The molecule has 0 aromatic carbocycles. The van der Waals surface area contributed by atoms with Crippen LogP contribution in [0, 0.1) is 5.92 Å². The van der Waals surface area contributed by atoms with Crippen LogP contribution in [0.15, 0.2) is 0 Å². The molecule has 4 nitrogen and oxygen atoms in total. The quantitative estimate of drug-likeness (QED) is 0.605. The summed E-state index contributed by atoms with van der Waals surface area (Å²) in [5, 5.41) is 0. The molecule has 0 aliphatic carbocycles. The van der Waals surface area contributed by atoms with Crippen LogP contribution in [0.4, 0.5) is 0 Å². The zero-order valence-electron chi connectivity index (χ0n) is 12.7. The van der Waals surface area contributed by atoms with E-state index in [0.29, 0.717) is 25.8 Å². The van der Waals surface area contributed by atoms with E-state index in [1.165, 1.54) is 4.90 Å². The summed E-state index contributed by atoms with van der Waals surface area (Å²) < 4.78 is 0. The Morgan fingerprint density at radius 3 is 1.84 bits per heavy atom. The monoisotopic (exact) mass is 269 g/mol. The van der Waals surface area contributed by atoms with Gasteiger partial charge in [-0.15, -0.1) is 0 Å². The summed E-state index contributed by atoms with van der Waals surface area (Å²) in [6.07, 6.45) is 3.81. The van der Waals surface area contributed by atoms with Crippen LogP contribution in [0.25, 0.3) is 0 Å². The summed E-state index contributed by atoms with van der Waals surface area (Å²) in [7, 11) is 0. The van der Waals surface area contributed by atoms with Crippen molar-refractivity contribution in [3.05, 3.63) is 0 Å². The fraction of sp³-hybridized carbons (Fsp3) is 0.800. The molecule has 0 saturated carbocycles. The molecule has 2 amide bonds. The third-order valence-corrected chi connectivity index (χ3v) is 3.16. The zero-order chi connectivity index (χ0) is 14.8. The molecule has 0 atom stereocenters. The Hall–Kier alpha value is -1.19. The molecule has 0 bridgehead atoms. The first-order valence-corrected chi connectivity index (χ1v) is 7.29. The molecule has 0 N–H and O–H groups in total. The molecule has 0 radical (unpaired) electrons. The van der Waals surface area contributed by atoms with Gasteiger partial charge < -0.3 is 0 Å². The Labute approximate surface area is 116 Å². The number of rotatable bonds is 9. The van der Waals surface area contributed by atoms with Gasteiger partial charge in [0.05, 0.1) is 0 Å². The predicted molar refractivity (Wildman–Crippen MR) is 75.6 cm³/mol. The van der Waals surface area contributed by atoms with Crippen LogP contribution in [0.3, 0.4) is 0 Å². The molecule has 4 heteroatoms. The Kier molecular flexibility index (Phi) is 9.09. The van der Waals surface area contributed by atoms with Crippen molar-refractivity contribution < 1.29 is 14.4 Å². The summed E-state index contributed by atoms with van der Waals surface area (Å²) in [6.45, 7) is 7.82. The number of hydrogen-bond acceptors (Lipinski definition) is 3. The van der Waals surface area contributed by atoms with E-state index in [-0.39, 0.29) is 23.5 Å². The van der Waals surface area contributed by atoms with Crippen LogP contribution in [-0.2, 0) is 14.4 Å². The van der Waals surface area contributed by atoms with Crippen LogP contribution in [-0.4, -0.2) is 29.0 Å². The van der Waals surface area contributed by atoms with Crippen molar-refractivity contribution in [3.63, 3.8) is 0 Å². The predicted octanol–water partition coefficient (Wildman–Crippen LogP) is 2.95. The van der Waals surface area contributed by atoms with E-state index in [2.05, 4.69) is 0 Å². The molecule has 0 fully saturated rings. The SMILES string of the molecule is CCC(=O)N(CCCCCC(=O)C(C)C)C(=O)CC. The molecule has 0 heterocycles. The molecular weight excluding hydrogens is 242 g/mol. The maximum Gasteiger partial charge on any atom is 0.228 e. The molecular formula is C15H27NO3. The van der Waals surface area contributed by atoms with Gasteiger partial charge >= 0.3 is 0 Å². The average Bonchev–Trinajstić information content (AvgIpc) is 2.40. The molecule has 19 heavy (non-hydrogen) atoms. The molecule has 0 rings (SSSR count). The Bertz CT molecular complexity index is 295. The Balaban J connectivity index is 3.97. The number of carbonyl (C=O) groups excluding carboxylic acids is 3. The first-order valence-electron chi connectivity index (χ1n) is 7.29. The number of nitrogens with zero attached hydrogens (tertiary/aromatic N) is 1. The number of amides is 2. The van der Waals surface area contributed by atoms with Gasteiger partial charge in [0.1, 0.15) is 5.78 Å². The highest BCUT2D eigenvalue weighted by molar-refractivity contribution is 5.95. The molecule has 0 saturated heterocycles. The second kappa shape index (κ2) is 9.70. The largest absolute Gasteiger partial charge is 0.299 e. The third-order valence-electron chi connectivity index (χ3n) is 3.16. The maximum absolute atomic E-state index is 11.6. The van der Waals surface area contributed by atoms with Crippen molar-refractivity contribution in [3.8, 4) is 0 Å². The summed E-state index contributed by atoms with van der Waals surface area (Å²) in [5.74, 6) is 0.168. The van der Waals surface area contributed by atoms with Crippen molar-refractivity contribution in [1.82, 2.24) is 4.90 Å². The molecule has 0 aromatic heterocycles. The van der Waals surface area contributed by atoms with E-state index in [4.69, 9.17) is 0 Å². The summed E-state index contributed by atoms with van der Waals surface area (Å²) in [6, 6.07) is 0. The van der Waals surface area contributed by atoms with Gasteiger partial charge in [0.15, 0.2) is 0 Å². The van der Waals surface area contributed by atoms with Crippen molar-refractivity contribution in [2.24, 2.45) is 5.92 Å². The molecule has 0 aromatic rings. The molecule has 0 aliphatic heterocycles. The van der Waals surface area contributed by atoms with Crippen molar-refractivity contribution in [1.29, 1.82) is 0 Å². The van der Waals surface area contributed by atoms with Gasteiger partial charge in [0.25, 0.3) is 0 Å². The second-order valence-corrected chi connectivity index (χ2v) is 5.08. The fourth-order valence-corrected chi connectivity index (χ4v) is 1.80. The number of hydrogen-bond donors (Lipinski definition) is 0. The number of carbonyl (C=O) groups is 3. The number of ketones is 1. The van der Waals surface area contributed by atoms with E-state index in [0.717, 1.165) is 19.3 Å². The van der Waals surface area contributed by atoms with E-state index in [1.54, 1.807) is 13.8 Å². The van der Waals surface area contributed by atoms with Crippen LogP contribution in [0.5, 0.6) is 0 Å². The van der Waals surface area contributed by atoms with Crippen LogP contribution in [0.2, 0.25) is 0 Å². The number of Topliss-reactive ketones (excluding diaryl/α,β-unsaturated/α-hetero) is 1. The lowest BCUT2D eigenvalue weighted by molar-refractivity contribution is -0.144. The third kappa shape index (κ3) is 7.09. The van der Waals surface area contributed by atoms with Crippen molar-refractivity contribution in [2.45, 2.75) is 66.2 Å². The highest BCUT2D eigenvalue weighted by Crippen LogP contribution is 2.08. The minimum absolute atomic E-state index is 0.0971. The van der Waals surface area contributed by atoms with Gasteiger partial charge in [-0.05, 0) is 12.8 Å². The Morgan fingerprint density at radius 2 is 1.42 bits per heavy atom. The normalized spacial score (nSPS) is 10.6. The van der Waals surface area contributed by atoms with E-state index in [9.17, 15) is 14.4 Å². The number of unbranched alkanes of at least 4 members (excludes halogenated alkanes) is 2. The van der Waals surface area contributed by atoms with Crippen molar-refractivity contribution in [2.75, 3.05) is 6.54 Å². The molecule has 0 unspecified atom stereocenters. The van der Waals surface area contributed by atoms with Crippen molar-refractivity contribution >= 4 is 17.6 Å². The molecule has 110 valence electrons. The standard InChI is InChI=1S/C15H27NO3/c1-5-14(18)16(15(19)6-2)11-9-7-8-10-13(17)12(3)4/h12H,5-11H2,1-4H3. The summed E-state index contributed by atoms with van der Waals surface area (Å²) in [4.78, 5) is 36.0. The topological polar surface area (TPSA) is 54.5 Å². The molecule has 0 aliphatic rings. The summed E-state index contributed by atoms with van der Waals surface area (Å²) >= 11 is 0. The van der Waals surface area contributed by atoms with Crippen LogP contribution >= 0.6 is 0 Å². The highest BCUT2D eigenvalue weighted by Gasteiger charge is 2.17. The first kappa shape index (κ1) is 17.8. The van der Waals surface area contributed by atoms with E-state index in [1.807, 2.05) is 13.8 Å². The van der Waals surface area contributed by atoms with E-state index < -0.39 is 0 Å². The second-order valence-electron chi connectivity index (χ2n) is 5.08. The van der Waals surface area contributed by atoms with Crippen LogP contribution in [0.1, 0.15) is 66.2 Å². The summed E-state index contributed by atoms with van der Waals surface area (Å²) in [5.41, 5.74) is 0. The maximum atomic E-state index is 11.6. The molecule has 0 spiro atoms. The lowest BCUT2D eigenvalue weighted by atomic mass is 10.0. The fourth-order valence-electron chi connectivity index (χ4n) is 1.80. The van der Waals surface area contributed by atoms with Gasteiger partial charge in [0.2, 0.25) is 11.8 Å². The zero-order valence-corrected chi connectivity index (χ0v) is 12.7. The average molecular weight is 269 g/mol. The lowest BCUT2D eigenvalue weighted by Gasteiger charge is -2.19. The van der Waals surface area contributed by atoms with Gasteiger partial charge in [-0.25, -0.2) is 0 Å². The first-order chi connectivity index (χ1) is 8.93. The van der Waals surface area contributed by atoms with Gasteiger partial charge in [-0.2, -0.15) is 0 Å². The smallest absolute Gasteiger partial charge is 0.228 e. The van der Waals surface area contributed by atoms with Gasteiger partial charge in [-0.3, -0.25) is 19.3 Å². The highest BCUT2D eigenvalue weighted by atomic mass is 16.2.